The van der Waals surface area contributed by atoms with Gasteiger partial charge in [0, 0.05) is 23.9 Å². The van der Waals surface area contributed by atoms with Crippen LogP contribution in [0, 0.1) is 28.6 Å². The average Bonchev–Trinajstić information content (AvgIpc) is 2.90. The molecule has 29 heavy (non-hydrogen) atoms. The molecule has 3 saturated carbocycles. The van der Waals surface area contributed by atoms with Crippen molar-refractivity contribution in [3.8, 4) is 0 Å². The maximum absolute atomic E-state index is 17.0. The molecule has 0 aromatic rings. The van der Waals surface area contributed by atoms with E-state index in [1.165, 1.54) is 19.3 Å². The van der Waals surface area contributed by atoms with Crippen LogP contribution in [-0.2, 0) is 14.3 Å². The number of hydrogen-bond donors (Lipinski definition) is 2. The summed E-state index contributed by atoms with van der Waals surface area (Å²) < 4.78 is 22.8. The lowest BCUT2D eigenvalue weighted by molar-refractivity contribution is -0.224. The molecule has 160 valence electrons. The van der Waals surface area contributed by atoms with Crippen LogP contribution in [0.1, 0.15) is 46.5 Å². The summed E-state index contributed by atoms with van der Waals surface area (Å²) >= 11 is 0. The molecule has 0 aromatic heterocycles. The van der Waals surface area contributed by atoms with Crippen molar-refractivity contribution in [2.24, 2.45) is 28.6 Å². The lowest BCUT2D eigenvalue weighted by Crippen LogP contribution is -2.69. The normalized spacial score (nSPS) is 51.1. The van der Waals surface area contributed by atoms with E-state index in [0.717, 1.165) is 5.57 Å². The van der Waals surface area contributed by atoms with Crippen molar-refractivity contribution in [2.45, 2.75) is 63.8 Å². The Balaban J connectivity index is 1.85. The van der Waals surface area contributed by atoms with Crippen LogP contribution in [0.2, 0.25) is 0 Å². The van der Waals surface area contributed by atoms with Gasteiger partial charge >= 0.3 is 0 Å². The number of aliphatic hydroxyl groups excluding tert-OH is 2. The molecule has 2 N–H and O–H groups in total. The van der Waals surface area contributed by atoms with Crippen molar-refractivity contribution < 1.29 is 28.9 Å². The standard InChI is InChI=1S/C23H31FO5/c1-13-9-17-16-6-5-14-10-15(26)7-8-20(14,2)22(16,24)18(27)11-21(17,3)23(13,29-4)19(28)12-25/h7-8,10,13,16-18,25,27H,5-6,9,11-12H2,1-4H3/t13-,16-,17-,18-,20-,21-,22-,23-/m0/s1. The highest BCUT2D eigenvalue weighted by Crippen LogP contribution is 2.71. The number of alkyl halides is 1. The molecule has 0 aromatic carbocycles. The van der Waals surface area contributed by atoms with Crippen LogP contribution in [0.4, 0.5) is 4.39 Å². The molecule has 0 unspecified atom stereocenters. The van der Waals surface area contributed by atoms with E-state index in [0.29, 0.717) is 19.3 Å². The number of allylic oxidation sites excluding steroid dienone is 4. The van der Waals surface area contributed by atoms with Crippen molar-refractivity contribution in [1.82, 2.24) is 0 Å². The molecule has 4 rings (SSSR count). The highest BCUT2D eigenvalue weighted by atomic mass is 19.1. The van der Waals surface area contributed by atoms with Gasteiger partial charge < -0.3 is 14.9 Å². The van der Waals surface area contributed by atoms with Crippen LogP contribution in [0.5, 0.6) is 0 Å². The monoisotopic (exact) mass is 406 g/mol. The summed E-state index contributed by atoms with van der Waals surface area (Å²) in [5, 5.41) is 20.9. The maximum atomic E-state index is 17.0. The zero-order valence-electron chi connectivity index (χ0n) is 17.6. The summed E-state index contributed by atoms with van der Waals surface area (Å²) in [4.78, 5) is 24.8. The molecule has 0 amide bonds. The van der Waals surface area contributed by atoms with Gasteiger partial charge in [-0.15, -0.1) is 0 Å². The van der Waals surface area contributed by atoms with E-state index >= 15 is 4.39 Å². The van der Waals surface area contributed by atoms with Gasteiger partial charge in [0.2, 0.25) is 0 Å². The molecule has 8 atom stereocenters. The van der Waals surface area contributed by atoms with Gasteiger partial charge in [-0.05, 0) is 56.6 Å². The number of methoxy groups -OCH3 is 1. The third kappa shape index (κ3) is 2.20. The molecule has 0 spiro atoms. The second-order valence-corrected chi connectivity index (χ2v) is 9.92. The molecule has 0 radical (unpaired) electrons. The van der Waals surface area contributed by atoms with E-state index < -0.39 is 46.5 Å². The zero-order chi connectivity index (χ0) is 21.4. The number of ether oxygens (including phenoxy) is 1. The van der Waals surface area contributed by atoms with Crippen LogP contribution in [-0.4, -0.2) is 52.9 Å². The Bertz CT molecular complexity index is 820. The molecule has 5 nitrogen and oxygen atoms in total. The average molecular weight is 406 g/mol. The highest BCUT2D eigenvalue weighted by molar-refractivity contribution is 6.01. The van der Waals surface area contributed by atoms with E-state index in [1.54, 1.807) is 13.0 Å². The van der Waals surface area contributed by atoms with Gasteiger partial charge in [-0.1, -0.05) is 25.5 Å². The lowest BCUT2D eigenvalue weighted by atomic mass is 9.44. The first-order valence-electron chi connectivity index (χ1n) is 10.5. The third-order valence-corrected chi connectivity index (χ3v) is 9.06. The van der Waals surface area contributed by atoms with Crippen molar-refractivity contribution >= 4 is 11.6 Å². The zero-order valence-corrected chi connectivity index (χ0v) is 17.6. The number of Topliss-reactive ketones (excluding diaryl/α,β-unsaturated/α-hetero) is 1. The SMILES string of the molecule is CO[C@]1(C(=O)CO)[C@@H](C)C[C@H]2[C@@H]3CCC4=CC(=O)C=C[C@]4(C)[C@@]3(F)[C@@H](O)C[C@@]21C. The first kappa shape index (κ1) is 20.9. The molecule has 4 aliphatic rings. The molecule has 6 heteroatoms. The Morgan fingerprint density at radius 3 is 2.66 bits per heavy atom. The van der Waals surface area contributed by atoms with E-state index in [1.807, 2.05) is 13.8 Å². The number of hydrogen-bond acceptors (Lipinski definition) is 5. The number of fused-ring (bicyclic) bond motifs is 5. The Labute approximate surface area is 171 Å². The summed E-state index contributed by atoms with van der Waals surface area (Å²) in [5.74, 6) is -1.39. The number of aliphatic hydroxyl groups is 2. The van der Waals surface area contributed by atoms with Gasteiger partial charge in [-0.2, -0.15) is 0 Å². The Hall–Kier alpha value is -1.37. The molecule has 3 fully saturated rings. The van der Waals surface area contributed by atoms with Crippen LogP contribution < -0.4 is 0 Å². The molecule has 4 aliphatic carbocycles. The van der Waals surface area contributed by atoms with Crippen molar-refractivity contribution in [3.63, 3.8) is 0 Å². The van der Waals surface area contributed by atoms with E-state index in [4.69, 9.17) is 4.74 Å². The minimum absolute atomic E-state index is 0.0687. The number of ketones is 2. The van der Waals surface area contributed by atoms with Crippen molar-refractivity contribution in [2.75, 3.05) is 13.7 Å². The summed E-state index contributed by atoms with van der Waals surface area (Å²) in [6, 6.07) is 0. The molecule has 0 aliphatic heterocycles. The fourth-order valence-corrected chi connectivity index (χ4v) is 7.79. The summed E-state index contributed by atoms with van der Waals surface area (Å²) in [7, 11) is 1.47. The van der Waals surface area contributed by atoms with Gasteiger partial charge in [0.25, 0.3) is 0 Å². The first-order valence-corrected chi connectivity index (χ1v) is 10.5. The van der Waals surface area contributed by atoms with E-state index in [9.17, 15) is 19.8 Å². The first-order chi connectivity index (χ1) is 13.5. The number of carbonyl (C=O) groups excluding carboxylic acids is 2. The maximum Gasteiger partial charge on any atom is 0.190 e. The second-order valence-electron chi connectivity index (χ2n) is 9.92. The third-order valence-electron chi connectivity index (χ3n) is 9.06. The summed E-state index contributed by atoms with van der Waals surface area (Å²) in [5.41, 5.74) is -4.27. The topological polar surface area (TPSA) is 83.8 Å². The predicted octanol–water partition coefficient (Wildman–Crippen LogP) is 2.55. The van der Waals surface area contributed by atoms with Crippen molar-refractivity contribution in [1.29, 1.82) is 0 Å². The molecule has 0 saturated heterocycles. The quantitative estimate of drug-likeness (QED) is 0.753. The largest absolute Gasteiger partial charge is 0.390 e. The van der Waals surface area contributed by atoms with Crippen molar-refractivity contribution in [3.05, 3.63) is 23.8 Å². The minimum atomic E-state index is -1.93. The number of carbonyl (C=O) groups is 2. The fourth-order valence-electron chi connectivity index (χ4n) is 7.79. The van der Waals surface area contributed by atoms with E-state index in [-0.39, 0.29) is 24.0 Å². The molecular weight excluding hydrogens is 375 g/mol. The lowest BCUT2D eigenvalue weighted by Gasteiger charge is -2.63. The van der Waals surface area contributed by atoms with Crippen LogP contribution in [0.25, 0.3) is 0 Å². The Morgan fingerprint density at radius 2 is 2.03 bits per heavy atom. The highest BCUT2D eigenvalue weighted by Gasteiger charge is 2.76. The van der Waals surface area contributed by atoms with Crippen LogP contribution in [0.3, 0.4) is 0 Å². The van der Waals surface area contributed by atoms with Gasteiger partial charge in [-0.25, -0.2) is 4.39 Å². The van der Waals surface area contributed by atoms with Gasteiger partial charge in [-0.3, -0.25) is 9.59 Å². The Morgan fingerprint density at radius 1 is 1.34 bits per heavy atom. The number of rotatable bonds is 3. The predicted molar refractivity (Wildman–Crippen MR) is 105 cm³/mol. The minimum Gasteiger partial charge on any atom is -0.390 e. The van der Waals surface area contributed by atoms with E-state index in [2.05, 4.69) is 0 Å². The fraction of sp³-hybridized carbons (Fsp3) is 0.739. The van der Waals surface area contributed by atoms with Gasteiger partial charge in [0.15, 0.2) is 17.2 Å². The van der Waals surface area contributed by atoms with Crippen LogP contribution >= 0.6 is 0 Å². The van der Waals surface area contributed by atoms with Gasteiger partial charge in [0.05, 0.1) is 6.10 Å². The Kier molecular flexibility index (Phi) is 4.55. The second kappa shape index (κ2) is 6.32. The summed E-state index contributed by atoms with van der Waals surface area (Å²) in [6.07, 6.45) is 5.00. The summed E-state index contributed by atoms with van der Waals surface area (Å²) in [6.45, 7) is 4.97. The molecule has 0 bridgehead atoms. The molecular formula is C23H31FO5. The van der Waals surface area contributed by atoms with Crippen LogP contribution in [0.15, 0.2) is 23.8 Å². The van der Waals surface area contributed by atoms with Gasteiger partial charge in [0.1, 0.15) is 12.2 Å². The smallest absolute Gasteiger partial charge is 0.190 e. The molecule has 0 heterocycles. The number of halogens is 1.